The van der Waals surface area contributed by atoms with E-state index in [1.807, 2.05) is 0 Å². The van der Waals surface area contributed by atoms with Gasteiger partial charge in [0.25, 0.3) is 0 Å². The van der Waals surface area contributed by atoms with Gasteiger partial charge in [-0.25, -0.2) is 0 Å². The summed E-state index contributed by atoms with van der Waals surface area (Å²) in [5, 5.41) is -0.466. The van der Waals surface area contributed by atoms with Crippen molar-refractivity contribution in [1.29, 1.82) is 0 Å². The van der Waals surface area contributed by atoms with Crippen LogP contribution in [0.15, 0.2) is 12.4 Å². The van der Waals surface area contributed by atoms with Crippen LogP contribution in [-0.2, 0) is 6.18 Å². The van der Waals surface area contributed by atoms with Crippen LogP contribution in [0.2, 0.25) is 5.02 Å². The molecule has 6 heteroatoms. The molecule has 1 heterocycles. The van der Waals surface area contributed by atoms with E-state index in [9.17, 15) is 13.2 Å². The second kappa shape index (κ2) is 3.41. The molecule has 72 valence electrons. The van der Waals surface area contributed by atoms with Gasteiger partial charge in [0.15, 0.2) is 5.75 Å². The molecule has 1 aromatic heterocycles. The maximum absolute atomic E-state index is 12.3. The Morgan fingerprint density at radius 2 is 2.00 bits per heavy atom. The van der Waals surface area contributed by atoms with E-state index >= 15 is 0 Å². The Morgan fingerprint density at radius 1 is 1.38 bits per heavy atom. The molecule has 0 N–H and O–H groups in total. The number of pyridine rings is 1. The lowest BCUT2D eigenvalue weighted by atomic mass is 10.2. The molecule has 0 bridgehead atoms. The van der Waals surface area contributed by atoms with Gasteiger partial charge in [-0.05, 0) is 0 Å². The number of rotatable bonds is 1. The SMILES string of the molecule is COc1cncc(Cl)c1C(F)(F)F. The van der Waals surface area contributed by atoms with Crippen molar-refractivity contribution in [2.24, 2.45) is 0 Å². The summed E-state index contributed by atoms with van der Waals surface area (Å²) in [5.41, 5.74) is -0.994. The van der Waals surface area contributed by atoms with Gasteiger partial charge in [0.1, 0.15) is 5.56 Å². The molecule has 0 spiro atoms. The summed E-state index contributed by atoms with van der Waals surface area (Å²) in [6.45, 7) is 0. The van der Waals surface area contributed by atoms with Gasteiger partial charge in [-0.2, -0.15) is 13.2 Å². The Hall–Kier alpha value is -0.970. The minimum absolute atomic E-state index is 0.375. The van der Waals surface area contributed by atoms with Gasteiger partial charge in [-0.3, -0.25) is 4.98 Å². The Labute approximate surface area is 77.3 Å². The standard InChI is InChI=1S/C7H5ClF3NO/c1-13-5-3-12-2-4(8)6(5)7(9,10)11/h2-3H,1H3. The van der Waals surface area contributed by atoms with Crippen LogP contribution in [0.1, 0.15) is 5.56 Å². The molecule has 1 aromatic rings. The highest BCUT2D eigenvalue weighted by Gasteiger charge is 2.37. The highest BCUT2D eigenvalue weighted by molar-refractivity contribution is 6.31. The molecule has 0 unspecified atom stereocenters. The molecule has 0 aliphatic heterocycles. The number of halogens is 4. The van der Waals surface area contributed by atoms with Crippen LogP contribution in [-0.4, -0.2) is 12.1 Å². The minimum atomic E-state index is -4.52. The molecule has 0 atom stereocenters. The lowest BCUT2D eigenvalue weighted by Gasteiger charge is -2.11. The first-order chi connectivity index (χ1) is 5.96. The molecule has 0 amide bonds. The third-order valence-electron chi connectivity index (χ3n) is 1.37. The summed E-state index contributed by atoms with van der Waals surface area (Å²) >= 11 is 5.33. The van der Waals surface area contributed by atoms with Crippen molar-refractivity contribution in [2.75, 3.05) is 7.11 Å². The third-order valence-corrected chi connectivity index (χ3v) is 1.65. The largest absolute Gasteiger partial charge is 0.494 e. The number of aromatic nitrogens is 1. The minimum Gasteiger partial charge on any atom is -0.494 e. The van der Waals surface area contributed by atoms with Crippen molar-refractivity contribution in [3.05, 3.63) is 23.0 Å². The summed E-state index contributed by atoms with van der Waals surface area (Å²) < 4.78 is 41.4. The van der Waals surface area contributed by atoms with E-state index in [0.717, 1.165) is 19.5 Å². The zero-order valence-corrected chi connectivity index (χ0v) is 7.28. The van der Waals surface area contributed by atoms with Gasteiger partial charge in [-0.15, -0.1) is 0 Å². The second-order valence-corrected chi connectivity index (χ2v) is 2.60. The zero-order chi connectivity index (χ0) is 10.1. The van der Waals surface area contributed by atoms with E-state index in [0.29, 0.717) is 0 Å². The molecule has 13 heavy (non-hydrogen) atoms. The first kappa shape index (κ1) is 10.1. The first-order valence-corrected chi connectivity index (χ1v) is 3.59. The summed E-state index contributed by atoms with van der Waals surface area (Å²) in [6.07, 6.45) is -2.63. The maximum atomic E-state index is 12.3. The predicted octanol–water partition coefficient (Wildman–Crippen LogP) is 2.76. The van der Waals surface area contributed by atoms with Crippen molar-refractivity contribution in [2.45, 2.75) is 6.18 Å². The fourth-order valence-corrected chi connectivity index (χ4v) is 1.10. The van der Waals surface area contributed by atoms with Crippen LogP contribution < -0.4 is 4.74 Å². The van der Waals surface area contributed by atoms with Gasteiger partial charge in [0.2, 0.25) is 0 Å². The molecule has 1 rings (SSSR count). The van der Waals surface area contributed by atoms with Crippen LogP contribution in [0.3, 0.4) is 0 Å². The normalized spacial score (nSPS) is 11.5. The average Bonchev–Trinajstić information content (AvgIpc) is 2.01. The molecular formula is C7H5ClF3NO. The number of nitrogens with zero attached hydrogens (tertiary/aromatic N) is 1. The molecule has 0 saturated carbocycles. The van der Waals surface area contributed by atoms with Crippen molar-refractivity contribution < 1.29 is 17.9 Å². The summed E-state index contributed by atoms with van der Waals surface area (Å²) in [4.78, 5) is 3.47. The van der Waals surface area contributed by atoms with Crippen LogP contribution in [0, 0.1) is 0 Å². The number of hydrogen-bond acceptors (Lipinski definition) is 2. The molecule has 0 aliphatic rings. The third kappa shape index (κ3) is 2.03. The number of alkyl halides is 3. The maximum Gasteiger partial charge on any atom is 0.421 e. The Bertz CT molecular complexity index is 313. The van der Waals surface area contributed by atoms with Gasteiger partial charge in [0, 0.05) is 6.20 Å². The highest BCUT2D eigenvalue weighted by atomic mass is 35.5. The smallest absolute Gasteiger partial charge is 0.421 e. The summed E-state index contributed by atoms with van der Waals surface area (Å²) in [5.74, 6) is -0.375. The lowest BCUT2D eigenvalue weighted by molar-refractivity contribution is -0.138. The van der Waals surface area contributed by atoms with Crippen molar-refractivity contribution in [3.8, 4) is 5.75 Å². The van der Waals surface area contributed by atoms with Crippen LogP contribution in [0.5, 0.6) is 5.75 Å². The van der Waals surface area contributed by atoms with Crippen molar-refractivity contribution >= 4 is 11.6 Å². The summed E-state index contributed by atoms with van der Waals surface area (Å²) in [7, 11) is 1.13. The molecule has 0 aromatic carbocycles. The fraction of sp³-hybridized carbons (Fsp3) is 0.286. The molecule has 0 fully saturated rings. The Morgan fingerprint density at radius 3 is 2.38 bits per heavy atom. The quantitative estimate of drug-likeness (QED) is 0.713. The first-order valence-electron chi connectivity index (χ1n) is 3.21. The number of hydrogen-bond donors (Lipinski definition) is 0. The monoisotopic (exact) mass is 211 g/mol. The fourth-order valence-electron chi connectivity index (χ4n) is 0.847. The van der Waals surface area contributed by atoms with Gasteiger partial charge < -0.3 is 4.74 Å². The van der Waals surface area contributed by atoms with E-state index in [4.69, 9.17) is 11.6 Å². The van der Waals surface area contributed by atoms with Gasteiger partial charge in [-0.1, -0.05) is 11.6 Å². The molecule has 0 saturated heterocycles. The van der Waals surface area contributed by atoms with Crippen LogP contribution >= 0.6 is 11.6 Å². The van der Waals surface area contributed by atoms with E-state index in [-0.39, 0.29) is 5.75 Å². The van der Waals surface area contributed by atoms with Crippen LogP contribution in [0.25, 0.3) is 0 Å². The number of ether oxygens (including phenoxy) is 1. The average molecular weight is 212 g/mol. The zero-order valence-electron chi connectivity index (χ0n) is 6.52. The Balaban J connectivity index is 3.32. The van der Waals surface area contributed by atoms with Gasteiger partial charge >= 0.3 is 6.18 Å². The second-order valence-electron chi connectivity index (χ2n) is 2.20. The Kier molecular flexibility index (Phi) is 2.66. The topological polar surface area (TPSA) is 22.1 Å². The van der Waals surface area contributed by atoms with E-state index in [1.54, 1.807) is 0 Å². The summed E-state index contributed by atoms with van der Waals surface area (Å²) in [6, 6.07) is 0. The van der Waals surface area contributed by atoms with Crippen molar-refractivity contribution in [1.82, 2.24) is 4.98 Å². The highest BCUT2D eigenvalue weighted by Crippen LogP contribution is 2.39. The van der Waals surface area contributed by atoms with Gasteiger partial charge in [0.05, 0.1) is 18.3 Å². The lowest BCUT2D eigenvalue weighted by Crippen LogP contribution is -2.08. The molecule has 2 nitrogen and oxygen atoms in total. The molecule has 0 aliphatic carbocycles. The van der Waals surface area contributed by atoms with Crippen molar-refractivity contribution in [3.63, 3.8) is 0 Å². The van der Waals surface area contributed by atoms with E-state index in [1.165, 1.54) is 0 Å². The van der Waals surface area contributed by atoms with E-state index in [2.05, 4.69) is 9.72 Å². The number of methoxy groups -OCH3 is 1. The molecular weight excluding hydrogens is 207 g/mol. The predicted molar refractivity (Wildman–Crippen MR) is 40.8 cm³/mol. The molecule has 0 radical (unpaired) electrons. The van der Waals surface area contributed by atoms with E-state index < -0.39 is 16.8 Å². The van der Waals surface area contributed by atoms with Crippen LogP contribution in [0.4, 0.5) is 13.2 Å².